The third-order valence-electron chi connectivity index (χ3n) is 2.13. The lowest BCUT2D eigenvalue weighted by molar-refractivity contribution is 0.0485. The minimum Gasteiger partial charge on any atom is -0.493 e. The predicted octanol–water partition coefficient (Wildman–Crippen LogP) is 2.34. The summed E-state index contributed by atoms with van der Waals surface area (Å²) in [5, 5.41) is 0. The zero-order chi connectivity index (χ0) is 7.07. The molecular weight excluding hydrogens is 112 g/mol. The Balaban J connectivity index is 2.69. The fourth-order valence-corrected chi connectivity index (χ4v) is 1.10. The Morgan fingerprint density at radius 3 is 2.33 bits per heavy atom. The van der Waals surface area contributed by atoms with Gasteiger partial charge in [0.15, 0.2) is 0 Å². The number of hydrogen-bond acceptors (Lipinski definition) is 1. The molecule has 1 aliphatic heterocycles. The summed E-state index contributed by atoms with van der Waals surface area (Å²) < 4.78 is 5.47. The van der Waals surface area contributed by atoms with Crippen LogP contribution >= 0.6 is 0 Å². The lowest BCUT2D eigenvalue weighted by Gasteiger charge is -2.21. The predicted molar refractivity (Wildman–Crippen MR) is 38.1 cm³/mol. The molecule has 1 aliphatic rings. The molecule has 1 unspecified atom stereocenters. The van der Waals surface area contributed by atoms with Crippen LogP contribution < -0.4 is 0 Å². The number of allylic oxidation sites excluding steroid dienone is 1. The molecule has 1 saturated heterocycles. The fraction of sp³-hybridized carbons (Fsp3) is 0.750. The van der Waals surface area contributed by atoms with Gasteiger partial charge < -0.3 is 4.74 Å². The van der Waals surface area contributed by atoms with E-state index in [0.717, 1.165) is 12.2 Å². The number of hydrogen-bond donors (Lipinski definition) is 0. The van der Waals surface area contributed by atoms with Gasteiger partial charge in [0.2, 0.25) is 0 Å². The van der Waals surface area contributed by atoms with Gasteiger partial charge in [0.05, 0.1) is 5.76 Å². The van der Waals surface area contributed by atoms with Gasteiger partial charge in [0.25, 0.3) is 0 Å². The molecule has 1 rings (SSSR count). The third kappa shape index (κ3) is 1.09. The third-order valence-corrected chi connectivity index (χ3v) is 2.13. The zero-order valence-electron chi connectivity index (χ0n) is 6.40. The molecule has 0 aromatic heterocycles. The number of rotatable bonds is 0. The van der Waals surface area contributed by atoms with Crippen LogP contribution in [0.1, 0.15) is 27.2 Å². The van der Waals surface area contributed by atoms with Crippen LogP contribution in [0, 0.1) is 5.92 Å². The van der Waals surface area contributed by atoms with Crippen LogP contribution in [0.5, 0.6) is 0 Å². The van der Waals surface area contributed by atoms with Crippen molar-refractivity contribution in [2.45, 2.75) is 32.8 Å². The molecule has 1 heteroatoms. The van der Waals surface area contributed by atoms with Gasteiger partial charge in [-0.15, -0.1) is 0 Å². The molecule has 0 amide bonds. The van der Waals surface area contributed by atoms with Crippen molar-refractivity contribution < 1.29 is 4.74 Å². The monoisotopic (exact) mass is 126 g/mol. The highest BCUT2D eigenvalue weighted by molar-refractivity contribution is 4.99. The van der Waals surface area contributed by atoms with E-state index in [9.17, 15) is 0 Å². The van der Waals surface area contributed by atoms with E-state index in [1.807, 2.05) is 0 Å². The highest BCUT2D eigenvalue weighted by Crippen LogP contribution is 2.36. The van der Waals surface area contributed by atoms with Gasteiger partial charge in [-0.1, -0.05) is 13.5 Å². The van der Waals surface area contributed by atoms with Crippen molar-refractivity contribution >= 4 is 0 Å². The lowest BCUT2D eigenvalue weighted by Crippen LogP contribution is -2.24. The van der Waals surface area contributed by atoms with Gasteiger partial charge in [-0.25, -0.2) is 0 Å². The smallest absolute Gasteiger partial charge is 0.106 e. The highest BCUT2D eigenvalue weighted by Gasteiger charge is 2.34. The fourth-order valence-electron chi connectivity index (χ4n) is 1.10. The summed E-state index contributed by atoms with van der Waals surface area (Å²) in [6, 6.07) is 0. The van der Waals surface area contributed by atoms with E-state index in [1.165, 1.54) is 0 Å². The lowest BCUT2D eigenvalue weighted by atomic mass is 9.93. The molecular formula is C8H14O. The van der Waals surface area contributed by atoms with Crippen LogP contribution in [-0.2, 0) is 4.74 Å². The van der Waals surface area contributed by atoms with Crippen LogP contribution in [-0.4, -0.2) is 5.60 Å². The molecule has 9 heavy (non-hydrogen) atoms. The second-order valence-electron chi connectivity index (χ2n) is 3.35. The van der Waals surface area contributed by atoms with Gasteiger partial charge in [-0.2, -0.15) is 0 Å². The SMILES string of the molecule is C=C1CC(C)C(C)(C)O1. The van der Waals surface area contributed by atoms with Crippen molar-refractivity contribution in [3.05, 3.63) is 12.3 Å². The first-order valence-corrected chi connectivity index (χ1v) is 3.39. The molecule has 0 aromatic rings. The molecule has 0 N–H and O–H groups in total. The van der Waals surface area contributed by atoms with Crippen molar-refractivity contribution in [3.8, 4) is 0 Å². The van der Waals surface area contributed by atoms with E-state index < -0.39 is 0 Å². The van der Waals surface area contributed by atoms with Crippen LogP contribution in [0.4, 0.5) is 0 Å². The van der Waals surface area contributed by atoms with Crippen molar-refractivity contribution in [1.29, 1.82) is 0 Å². The van der Waals surface area contributed by atoms with Gasteiger partial charge in [0.1, 0.15) is 5.60 Å². The second-order valence-corrected chi connectivity index (χ2v) is 3.35. The molecule has 0 radical (unpaired) electrons. The van der Waals surface area contributed by atoms with Crippen molar-refractivity contribution in [2.24, 2.45) is 5.92 Å². The van der Waals surface area contributed by atoms with Gasteiger partial charge in [0, 0.05) is 12.3 Å². The summed E-state index contributed by atoms with van der Waals surface area (Å²) in [5.74, 6) is 1.55. The van der Waals surface area contributed by atoms with Crippen molar-refractivity contribution in [3.63, 3.8) is 0 Å². The molecule has 0 aliphatic carbocycles. The molecule has 1 nitrogen and oxygen atoms in total. The maximum Gasteiger partial charge on any atom is 0.106 e. The molecule has 0 saturated carbocycles. The standard InChI is InChI=1S/C8H14O/c1-6-5-7(2)9-8(6,3)4/h6H,2,5H2,1,3-4H3. The summed E-state index contributed by atoms with van der Waals surface area (Å²) >= 11 is 0. The molecule has 1 atom stereocenters. The van der Waals surface area contributed by atoms with E-state index in [4.69, 9.17) is 4.74 Å². The largest absolute Gasteiger partial charge is 0.493 e. The molecule has 1 fully saturated rings. The van der Waals surface area contributed by atoms with E-state index in [-0.39, 0.29) is 5.60 Å². The summed E-state index contributed by atoms with van der Waals surface area (Å²) in [6.45, 7) is 10.2. The Labute approximate surface area is 56.7 Å². The van der Waals surface area contributed by atoms with Crippen molar-refractivity contribution in [1.82, 2.24) is 0 Å². The molecule has 0 aromatic carbocycles. The average Bonchev–Trinajstić information content (AvgIpc) is 1.79. The number of ether oxygens (including phenoxy) is 1. The summed E-state index contributed by atoms with van der Waals surface area (Å²) in [5.41, 5.74) is 0.0249. The topological polar surface area (TPSA) is 9.23 Å². The Morgan fingerprint density at radius 1 is 1.67 bits per heavy atom. The highest BCUT2D eigenvalue weighted by atomic mass is 16.5. The Kier molecular flexibility index (Phi) is 1.30. The van der Waals surface area contributed by atoms with Crippen LogP contribution in [0.25, 0.3) is 0 Å². The van der Waals surface area contributed by atoms with Crippen LogP contribution in [0.2, 0.25) is 0 Å². The zero-order valence-corrected chi connectivity index (χ0v) is 6.40. The summed E-state index contributed by atoms with van der Waals surface area (Å²) in [4.78, 5) is 0. The molecule has 52 valence electrons. The molecule has 0 bridgehead atoms. The molecule has 1 heterocycles. The van der Waals surface area contributed by atoms with E-state index >= 15 is 0 Å². The second kappa shape index (κ2) is 1.76. The van der Waals surface area contributed by atoms with Crippen molar-refractivity contribution in [2.75, 3.05) is 0 Å². The Hall–Kier alpha value is -0.460. The maximum atomic E-state index is 5.47. The molecule has 0 spiro atoms. The van der Waals surface area contributed by atoms with E-state index in [1.54, 1.807) is 0 Å². The maximum absolute atomic E-state index is 5.47. The van der Waals surface area contributed by atoms with E-state index in [2.05, 4.69) is 27.4 Å². The summed E-state index contributed by atoms with van der Waals surface area (Å²) in [7, 11) is 0. The first-order valence-electron chi connectivity index (χ1n) is 3.39. The van der Waals surface area contributed by atoms with Gasteiger partial charge in [-0.3, -0.25) is 0 Å². The summed E-state index contributed by atoms with van der Waals surface area (Å²) in [6.07, 6.45) is 1.02. The van der Waals surface area contributed by atoms with Gasteiger partial charge >= 0.3 is 0 Å². The Morgan fingerprint density at radius 2 is 2.22 bits per heavy atom. The minimum absolute atomic E-state index is 0.0249. The van der Waals surface area contributed by atoms with Crippen LogP contribution in [0.15, 0.2) is 12.3 Å². The normalized spacial score (nSPS) is 32.3. The Bertz CT molecular complexity index is 136. The first kappa shape index (κ1) is 6.66. The van der Waals surface area contributed by atoms with Crippen LogP contribution in [0.3, 0.4) is 0 Å². The van der Waals surface area contributed by atoms with Gasteiger partial charge in [-0.05, 0) is 13.8 Å². The minimum atomic E-state index is 0.0249. The average molecular weight is 126 g/mol. The van der Waals surface area contributed by atoms with E-state index in [0.29, 0.717) is 5.92 Å². The quantitative estimate of drug-likeness (QED) is 0.484. The first-order chi connectivity index (χ1) is 4.02.